The van der Waals surface area contributed by atoms with Crippen molar-refractivity contribution in [1.29, 1.82) is 0 Å². The molecule has 19 heavy (non-hydrogen) atoms. The van der Waals surface area contributed by atoms with Crippen molar-refractivity contribution in [2.24, 2.45) is 5.92 Å². The fourth-order valence-electron chi connectivity index (χ4n) is 3.74. The highest BCUT2D eigenvalue weighted by Crippen LogP contribution is 2.33. The Morgan fingerprint density at radius 3 is 2.89 bits per heavy atom. The van der Waals surface area contributed by atoms with Crippen LogP contribution in [0, 0.1) is 12.8 Å². The summed E-state index contributed by atoms with van der Waals surface area (Å²) < 4.78 is 0. The third-order valence-electron chi connectivity index (χ3n) is 4.66. The SMILES string of the molecule is Cc1cncc(NC2CCCC2C2CCCCN2)c1. The number of piperidine rings is 1. The van der Waals surface area contributed by atoms with Crippen LogP contribution in [-0.2, 0) is 0 Å². The summed E-state index contributed by atoms with van der Waals surface area (Å²) in [5.41, 5.74) is 2.42. The van der Waals surface area contributed by atoms with E-state index in [1.165, 1.54) is 56.3 Å². The molecule has 0 spiro atoms. The summed E-state index contributed by atoms with van der Waals surface area (Å²) in [6, 6.07) is 3.56. The summed E-state index contributed by atoms with van der Waals surface area (Å²) in [5, 5.41) is 7.46. The van der Waals surface area contributed by atoms with Gasteiger partial charge < -0.3 is 10.6 Å². The van der Waals surface area contributed by atoms with E-state index in [-0.39, 0.29) is 0 Å². The average Bonchev–Trinajstić information content (AvgIpc) is 2.88. The van der Waals surface area contributed by atoms with Crippen LogP contribution in [0.5, 0.6) is 0 Å². The molecule has 0 amide bonds. The van der Waals surface area contributed by atoms with Crippen LogP contribution in [0.25, 0.3) is 0 Å². The topological polar surface area (TPSA) is 37.0 Å². The molecule has 2 heterocycles. The largest absolute Gasteiger partial charge is 0.381 e. The second-order valence-electron chi connectivity index (χ2n) is 6.15. The molecular formula is C16H25N3. The Morgan fingerprint density at radius 1 is 1.16 bits per heavy atom. The molecule has 1 aliphatic carbocycles. The predicted molar refractivity (Wildman–Crippen MR) is 79.4 cm³/mol. The van der Waals surface area contributed by atoms with E-state index >= 15 is 0 Å². The number of hydrogen-bond acceptors (Lipinski definition) is 3. The van der Waals surface area contributed by atoms with Gasteiger partial charge in [-0.15, -0.1) is 0 Å². The zero-order chi connectivity index (χ0) is 13.1. The van der Waals surface area contributed by atoms with Crippen molar-refractivity contribution in [3.63, 3.8) is 0 Å². The predicted octanol–water partition coefficient (Wildman–Crippen LogP) is 3.11. The van der Waals surface area contributed by atoms with Crippen molar-refractivity contribution in [2.45, 2.75) is 57.5 Å². The average molecular weight is 259 g/mol. The van der Waals surface area contributed by atoms with Crippen LogP contribution in [0.4, 0.5) is 5.69 Å². The molecule has 0 radical (unpaired) electrons. The third kappa shape index (κ3) is 3.08. The zero-order valence-electron chi connectivity index (χ0n) is 11.9. The molecule has 2 aliphatic rings. The first-order valence-corrected chi connectivity index (χ1v) is 7.74. The summed E-state index contributed by atoms with van der Waals surface area (Å²) >= 11 is 0. The Bertz CT molecular complexity index is 412. The maximum Gasteiger partial charge on any atom is 0.0531 e. The number of nitrogens with one attached hydrogen (secondary N) is 2. The molecule has 2 N–H and O–H groups in total. The lowest BCUT2D eigenvalue weighted by Gasteiger charge is -2.33. The summed E-state index contributed by atoms with van der Waals surface area (Å²) in [6.45, 7) is 3.31. The molecule has 3 nitrogen and oxygen atoms in total. The molecule has 3 atom stereocenters. The number of nitrogens with zero attached hydrogens (tertiary/aromatic N) is 1. The van der Waals surface area contributed by atoms with Crippen LogP contribution in [0.3, 0.4) is 0 Å². The Balaban J connectivity index is 1.65. The first-order valence-electron chi connectivity index (χ1n) is 7.74. The molecule has 1 aromatic heterocycles. The standard InChI is InChI=1S/C16H25N3/c1-12-9-13(11-17-10-12)19-16-7-4-5-14(16)15-6-2-3-8-18-15/h9-11,14-16,18-19H,2-8H2,1H3. The fraction of sp³-hybridized carbons (Fsp3) is 0.688. The van der Waals surface area contributed by atoms with E-state index in [0.29, 0.717) is 6.04 Å². The highest BCUT2D eigenvalue weighted by atomic mass is 15.0. The van der Waals surface area contributed by atoms with E-state index in [4.69, 9.17) is 0 Å². The number of aryl methyl sites for hydroxylation is 1. The van der Waals surface area contributed by atoms with Crippen molar-refractivity contribution < 1.29 is 0 Å². The second-order valence-corrected chi connectivity index (χ2v) is 6.15. The van der Waals surface area contributed by atoms with Gasteiger partial charge in [0.1, 0.15) is 0 Å². The highest BCUT2D eigenvalue weighted by Gasteiger charge is 2.34. The minimum Gasteiger partial charge on any atom is -0.381 e. The molecule has 1 aliphatic heterocycles. The van der Waals surface area contributed by atoms with Crippen molar-refractivity contribution in [3.05, 3.63) is 24.0 Å². The molecule has 3 heteroatoms. The van der Waals surface area contributed by atoms with Gasteiger partial charge in [-0.3, -0.25) is 4.98 Å². The molecule has 3 unspecified atom stereocenters. The molecular weight excluding hydrogens is 234 g/mol. The lowest BCUT2D eigenvalue weighted by Crippen LogP contribution is -2.44. The van der Waals surface area contributed by atoms with Crippen LogP contribution >= 0.6 is 0 Å². The number of pyridine rings is 1. The fourth-order valence-corrected chi connectivity index (χ4v) is 3.74. The van der Waals surface area contributed by atoms with Gasteiger partial charge in [0.25, 0.3) is 0 Å². The summed E-state index contributed by atoms with van der Waals surface area (Å²) in [5.74, 6) is 0.792. The van der Waals surface area contributed by atoms with Gasteiger partial charge in [0.05, 0.1) is 5.69 Å². The van der Waals surface area contributed by atoms with E-state index in [2.05, 4.69) is 28.6 Å². The van der Waals surface area contributed by atoms with Crippen LogP contribution < -0.4 is 10.6 Å². The number of anilines is 1. The first kappa shape index (κ1) is 12.9. The van der Waals surface area contributed by atoms with E-state index in [0.717, 1.165) is 12.0 Å². The number of hydrogen-bond donors (Lipinski definition) is 2. The lowest BCUT2D eigenvalue weighted by atomic mass is 9.88. The van der Waals surface area contributed by atoms with Gasteiger partial charge in [0.2, 0.25) is 0 Å². The minimum absolute atomic E-state index is 0.624. The van der Waals surface area contributed by atoms with Crippen molar-refractivity contribution in [1.82, 2.24) is 10.3 Å². The quantitative estimate of drug-likeness (QED) is 0.875. The van der Waals surface area contributed by atoms with Crippen LogP contribution in [-0.4, -0.2) is 23.6 Å². The van der Waals surface area contributed by atoms with E-state index in [1.54, 1.807) is 0 Å². The molecule has 1 aromatic rings. The van der Waals surface area contributed by atoms with E-state index < -0.39 is 0 Å². The molecule has 104 valence electrons. The Morgan fingerprint density at radius 2 is 2.11 bits per heavy atom. The highest BCUT2D eigenvalue weighted by molar-refractivity contribution is 5.43. The van der Waals surface area contributed by atoms with Gasteiger partial charge in [0.15, 0.2) is 0 Å². The van der Waals surface area contributed by atoms with Crippen LogP contribution in [0.2, 0.25) is 0 Å². The van der Waals surface area contributed by atoms with Crippen molar-refractivity contribution in [3.8, 4) is 0 Å². The van der Waals surface area contributed by atoms with Gasteiger partial charge in [-0.25, -0.2) is 0 Å². The van der Waals surface area contributed by atoms with Gasteiger partial charge in [-0.1, -0.05) is 12.8 Å². The lowest BCUT2D eigenvalue weighted by molar-refractivity contribution is 0.286. The minimum atomic E-state index is 0.624. The van der Waals surface area contributed by atoms with Crippen molar-refractivity contribution >= 4 is 5.69 Å². The monoisotopic (exact) mass is 259 g/mol. The van der Waals surface area contributed by atoms with E-state index in [9.17, 15) is 0 Å². The number of aromatic nitrogens is 1. The van der Waals surface area contributed by atoms with Crippen molar-refractivity contribution in [2.75, 3.05) is 11.9 Å². The Labute approximate surface area is 116 Å². The maximum absolute atomic E-state index is 4.29. The normalized spacial score (nSPS) is 31.3. The molecule has 1 saturated carbocycles. The molecule has 2 fully saturated rings. The van der Waals surface area contributed by atoms with Gasteiger partial charge in [-0.05, 0) is 56.7 Å². The van der Waals surface area contributed by atoms with Crippen LogP contribution in [0.1, 0.15) is 44.1 Å². The Hall–Kier alpha value is -1.09. The maximum atomic E-state index is 4.29. The molecule has 1 saturated heterocycles. The smallest absolute Gasteiger partial charge is 0.0531 e. The van der Waals surface area contributed by atoms with Gasteiger partial charge in [-0.2, -0.15) is 0 Å². The zero-order valence-corrected chi connectivity index (χ0v) is 11.9. The van der Waals surface area contributed by atoms with Gasteiger partial charge >= 0.3 is 0 Å². The second kappa shape index (κ2) is 5.91. The van der Waals surface area contributed by atoms with Crippen LogP contribution in [0.15, 0.2) is 18.5 Å². The third-order valence-corrected chi connectivity index (χ3v) is 4.66. The van der Waals surface area contributed by atoms with Gasteiger partial charge in [0, 0.05) is 24.5 Å². The number of rotatable bonds is 3. The molecule has 3 rings (SSSR count). The summed E-state index contributed by atoms with van der Waals surface area (Å²) in [6.07, 6.45) is 12.0. The summed E-state index contributed by atoms with van der Waals surface area (Å²) in [7, 11) is 0. The first-order chi connectivity index (χ1) is 9.33. The van der Waals surface area contributed by atoms with E-state index in [1.807, 2.05) is 12.4 Å². The molecule has 0 aromatic carbocycles. The molecule has 0 bridgehead atoms. The Kier molecular flexibility index (Phi) is 4.02. The summed E-state index contributed by atoms with van der Waals surface area (Å²) in [4.78, 5) is 4.29.